The molecule has 8 heteroatoms. The Bertz CT molecular complexity index is 744. The van der Waals surface area contributed by atoms with Gasteiger partial charge in [-0.15, -0.1) is 12.4 Å². The molecule has 1 amide bonds. The predicted octanol–water partition coefficient (Wildman–Crippen LogP) is 2.06. The summed E-state index contributed by atoms with van der Waals surface area (Å²) in [5.41, 5.74) is 6.94. The minimum atomic E-state index is -3.54. The smallest absolute Gasteiger partial charge is 0.251 e. The highest BCUT2D eigenvalue weighted by Gasteiger charge is 2.32. The molecule has 2 aliphatic rings. The van der Waals surface area contributed by atoms with E-state index in [0.29, 0.717) is 31.1 Å². The molecule has 3 rings (SSSR count). The fourth-order valence-electron chi connectivity index (χ4n) is 3.37. The lowest BCUT2D eigenvalue weighted by atomic mass is 10.1. The first-order chi connectivity index (χ1) is 11.9. The zero-order valence-corrected chi connectivity index (χ0v) is 16.7. The van der Waals surface area contributed by atoms with Crippen LogP contribution < -0.4 is 11.1 Å². The van der Waals surface area contributed by atoms with Crippen molar-refractivity contribution in [3.05, 3.63) is 29.3 Å². The van der Waals surface area contributed by atoms with Crippen LogP contribution in [0.4, 0.5) is 0 Å². The molecule has 1 saturated heterocycles. The van der Waals surface area contributed by atoms with Crippen molar-refractivity contribution in [2.75, 3.05) is 19.6 Å². The third-order valence-corrected chi connectivity index (χ3v) is 7.06. The van der Waals surface area contributed by atoms with E-state index in [1.165, 1.54) is 10.4 Å². The van der Waals surface area contributed by atoms with E-state index >= 15 is 0 Å². The highest BCUT2D eigenvalue weighted by Crippen LogP contribution is 2.32. The SMILES string of the molecule is Cc1ccc(S(=O)(=O)N2CCCCC2)cc1C(=O)NC(CN)C1CC1.Cl. The van der Waals surface area contributed by atoms with Crippen LogP contribution in [0.15, 0.2) is 23.1 Å². The predicted molar refractivity (Wildman–Crippen MR) is 104 cm³/mol. The second-order valence-electron chi connectivity index (χ2n) is 7.09. The van der Waals surface area contributed by atoms with Crippen molar-refractivity contribution in [2.45, 2.75) is 50.0 Å². The molecular formula is C18H28ClN3O3S. The molecule has 3 N–H and O–H groups in total. The first kappa shape index (κ1) is 21.2. The first-order valence-electron chi connectivity index (χ1n) is 9.05. The molecule has 6 nitrogen and oxygen atoms in total. The molecule has 1 aliphatic heterocycles. The van der Waals surface area contributed by atoms with E-state index in [9.17, 15) is 13.2 Å². The Morgan fingerprint density at radius 2 is 1.92 bits per heavy atom. The second kappa shape index (κ2) is 8.69. The molecular weight excluding hydrogens is 374 g/mol. The summed E-state index contributed by atoms with van der Waals surface area (Å²) in [5, 5.41) is 2.97. The molecule has 1 aromatic rings. The Balaban J connectivity index is 0.00000243. The molecule has 1 atom stereocenters. The molecule has 1 saturated carbocycles. The number of carbonyl (C=O) groups is 1. The highest BCUT2D eigenvalue weighted by molar-refractivity contribution is 7.89. The lowest BCUT2D eigenvalue weighted by Gasteiger charge is -2.26. The molecule has 1 aromatic carbocycles. The van der Waals surface area contributed by atoms with Gasteiger partial charge in [-0.1, -0.05) is 12.5 Å². The normalized spacial score (nSPS) is 19.5. The van der Waals surface area contributed by atoms with Gasteiger partial charge in [0.15, 0.2) is 0 Å². The maximum atomic E-state index is 12.8. The maximum absolute atomic E-state index is 12.8. The first-order valence-corrected chi connectivity index (χ1v) is 10.5. The van der Waals surface area contributed by atoms with Gasteiger partial charge < -0.3 is 11.1 Å². The summed E-state index contributed by atoms with van der Waals surface area (Å²) in [5.74, 6) is 0.213. The Hall–Kier alpha value is -1.15. The van der Waals surface area contributed by atoms with E-state index in [4.69, 9.17) is 5.73 Å². The number of aryl methyl sites for hydroxylation is 1. The Morgan fingerprint density at radius 1 is 1.27 bits per heavy atom. The van der Waals surface area contributed by atoms with Crippen LogP contribution in [0.5, 0.6) is 0 Å². The van der Waals surface area contributed by atoms with E-state index in [1.807, 2.05) is 6.92 Å². The van der Waals surface area contributed by atoms with Gasteiger partial charge in [0.05, 0.1) is 4.90 Å². The van der Waals surface area contributed by atoms with E-state index in [2.05, 4.69) is 5.32 Å². The molecule has 0 spiro atoms. The van der Waals surface area contributed by atoms with Crippen molar-refractivity contribution in [1.29, 1.82) is 0 Å². The molecule has 146 valence electrons. The Labute approximate surface area is 162 Å². The number of benzene rings is 1. The van der Waals surface area contributed by atoms with Crippen LogP contribution >= 0.6 is 12.4 Å². The third-order valence-electron chi connectivity index (χ3n) is 5.17. The number of halogens is 1. The minimum absolute atomic E-state index is 0. The van der Waals surface area contributed by atoms with Crippen molar-refractivity contribution in [3.63, 3.8) is 0 Å². The topological polar surface area (TPSA) is 92.5 Å². The number of carbonyl (C=O) groups excluding carboxylic acids is 1. The highest BCUT2D eigenvalue weighted by atomic mass is 35.5. The van der Waals surface area contributed by atoms with Crippen molar-refractivity contribution in [1.82, 2.24) is 9.62 Å². The molecule has 1 heterocycles. The summed E-state index contributed by atoms with van der Waals surface area (Å²) in [4.78, 5) is 12.8. The van der Waals surface area contributed by atoms with Crippen LogP contribution in [0.3, 0.4) is 0 Å². The minimum Gasteiger partial charge on any atom is -0.348 e. The molecule has 1 unspecified atom stereocenters. The van der Waals surface area contributed by atoms with Gasteiger partial charge in [-0.3, -0.25) is 4.79 Å². The van der Waals surface area contributed by atoms with Gasteiger partial charge >= 0.3 is 0 Å². The number of hydrogen-bond acceptors (Lipinski definition) is 4. The van der Waals surface area contributed by atoms with Gasteiger partial charge in [0.1, 0.15) is 0 Å². The fourth-order valence-corrected chi connectivity index (χ4v) is 4.92. The quantitative estimate of drug-likeness (QED) is 0.763. The van der Waals surface area contributed by atoms with Crippen LogP contribution in [-0.4, -0.2) is 44.3 Å². The van der Waals surface area contributed by atoms with Gasteiger partial charge in [-0.25, -0.2) is 8.42 Å². The summed E-state index contributed by atoms with van der Waals surface area (Å²) in [6.45, 7) is 3.32. The fraction of sp³-hybridized carbons (Fsp3) is 0.611. The zero-order valence-electron chi connectivity index (χ0n) is 15.1. The van der Waals surface area contributed by atoms with Gasteiger partial charge in [0, 0.05) is 31.2 Å². The van der Waals surface area contributed by atoms with E-state index in [-0.39, 0.29) is 29.3 Å². The van der Waals surface area contributed by atoms with Crippen LogP contribution in [0.1, 0.15) is 48.0 Å². The lowest BCUT2D eigenvalue weighted by molar-refractivity contribution is 0.0932. The van der Waals surface area contributed by atoms with E-state index in [0.717, 1.165) is 37.7 Å². The molecule has 0 radical (unpaired) electrons. The summed E-state index contributed by atoms with van der Waals surface area (Å²) in [7, 11) is -3.54. The van der Waals surface area contributed by atoms with Crippen molar-refractivity contribution in [2.24, 2.45) is 11.7 Å². The summed E-state index contributed by atoms with van der Waals surface area (Å²) in [6.07, 6.45) is 5.01. The van der Waals surface area contributed by atoms with Crippen molar-refractivity contribution >= 4 is 28.3 Å². The number of sulfonamides is 1. The van der Waals surface area contributed by atoms with Crippen LogP contribution in [0.2, 0.25) is 0 Å². The number of piperidine rings is 1. The number of rotatable bonds is 6. The number of nitrogens with two attached hydrogens (primary N) is 1. The van der Waals surface area contributed by atoms with Crippen LogP contribution in [0.25, 0.3) is 0 Å². The lowest BCUT2D eigenvalue weighted by Crippen LogP contribution is -2.42. The van der Waals surface area contributed by atoms with Crippen molar-refractivity contribution in [3.8, 4) is 0 Å². The average Bonchev–Trinajstić information content (AvgIpc) is 3.45. The number of nitrogens with one attached hydrogen (secondary N) is 1. The zero-order chi connectivity index (χ0) is 18.0. The third kappa shape index (κ3) is 4.57. The van der Waals surface area contributed by atoms with Gasteiger partial charge in [0.2, 0.25) is 10.0 Å². The van der Waals surface area contributed by atoms with Gasteiger partial charge in [-0.05, 0) is 56.2 Å². The molecule has 0 bridgehead atoms. The summed E-state index contributed by atoms with van der Waals surface area (Å²) in [6, 6.07) is 4.78. The van der Waals surface area contributed by atoms with Crippen molar-refractivity contribution < 1.29 is 13.2 Å². The standard InChI is InChI=1S/C18H27N3O3S.ClH/c1-13-5-8-15(25(23,24)21-9-3-2-4-10-21)11-16(13)18(22)20-17(12-19)14-6-7-14;/h5,8,11,14,17H,2-4,6-7,9-10,12,19H2,1H3,(H,20,22);1H. The maximum Gasteiger partial charge on any atom is 0.251 e. The molecule has 0 aromatic heterocycles. The van der Waals surface area contributed by atoms with Gasteiger partial charge in [0.25, 0.3) is 5.91 Å². The second-order valence-corrected chi connectivity index (χ2v) is 9.03. The monoisotopic (exact) mass is 401 g/mol. The summed E-state index contributed by atoms with van der Waals surface area (Å²) >= 11 is 0. The number of hydrogen-bond donors (Lipinski definition) is 2. The molecule has 2 fully saturated rings. The Kier molecular flexibility index (Phi) is 7.07. The van der Waals surface area contributed by atoms with Gasteiger partial charge in [-0.2, -0.15) is 4.31 Å². The summed E-state index contributed by atoms with van der Waals surface area (Å²) < 4.78 is 27.2. The molecule has 1 aliphatic carbocycles. The van der Waals surface area contributed by atoms with Crippen LogP contribution in [-0.2, 0) is 10.0 Å². The van der Waals surface area contributed by atoms with E-state index < -0.39 is 10.0 Å². The van der Waals surface area contributed by atoms with Crippen LogP contribution in [0, 0.1) is 12.8 Å². The average molecular weight is 402 g/mol. The number of amides is 1. The van der Waals surface area contributed by atoms with E-state index in [1.54, 1.807) is 12.1 Å². The largest absolute Gasteiger partial charge is 0.348 e. The molecule has 26 heavy (non-hydrogen) atoms. The Morgan fingerprint density at radius 3 is 2.50 bits per heavy atom. The number of nitrogens with zero attached hydrogens (tertiary/aromatic N) is 1.